The van der Waals surface area contributed by atoms with Crippen LogP contribution in [0.5, 0.6) is 0 Å². The smallest absolute Gasteiger partial charge is 0.330 e. The van der Waals surface area contributed by atoms with Crippen molar-refractivity contribution in [2.45, 2.75) is 12.6 Å². The van der Waals surface area contributed by atoms with Gasteiger partial charge in [-0.2, -0.15) is 0 Å². The van der Waals surface area contributed by atoms with Crippen molar-refractivity contribution >= 4 is 18.4 Å². The number of benzene rings is 1. The predicted octanol–water partition coefficient (Wildman–Crippen LogP) is 1.68. The second-order valence-corrected chi connectivity index (χ2v) is 3.55. The molecule has 0 fully saturated rings. The quantitative estimate of drug-likeness (QED) is 0.632. The Bertz CT molecular complexity index is 368. The van der Waals surface area contributed by atoms with E-state index >= 15 is 0 Å². The van der Waals surface area contributed by atoms with Crippen LogP contribution < -0.4 is 5.73 Å². The first-order valence-electron chi connectivity index (χ1n) is 5.36. The van der Waals surface area contributed by atoms with Gasteiger partial charge in [0.2, 0.25) is 0 Å². The van der Waals surface area contributed by atoms with E-state index in [4.69, 9.17) is 10.5 Å². The van der Waals surface area contributed by atoms with Crippen molar-refractivity contribution in [3.8, 4) is 0 Å². The normalized spacial score (nSPS) is 11.9. The Labute approximate surface area is 113 Å². The van der Waals surface area contributed by atoms with Gasteiger partial charge in [-0.1, -0.05) is 36.4 Å². The summed E-state index contributed by atoms with van der Waals surface area (Å²) in [5.74, 6) is -0.413. The van der Waals surface area contributed by atoms with Gasteiger partial charge in [0.05, 0.1) is 20.3 Å². The average molecular weight is 272 g/mol. The van der Waals surface area contributed by atoms with Crippen LogP contribution in [0, 0.1) is 0 Å². The van der Waals surface area contributed by atoms with E-state index in [9.17, 15) is 4.79 Å². The van der Waals surface area contributed by atoms with Crippen LogP contribution in [-0.2, 0) is 20.9 Å². The minimum Gasteiger partial charge on any atom is -0.466 e. The third-order valence-electron chi connectivity index (χ3n) is 2.10. The molecule has 1 aromatic carbocycles. The molecule has 0 saturated heterocycles. The Morgan fingerprint density at radius 3 is 2.67 bits per heavy atom. The highest BCUT2D eigenvalue weighted by Gasteiger charge is 2.00. The fourth-order valence-corrected chi connectivity index (χ4v) is 1.21. The maximum atomic E-state index is 10.8. The van der Waals surface area contributed by atoms with Crippen molar-refractivity contribution < 1.29 is 14.3 Å². The number of halogens is 1. The van der Waals surface area contributed by atoms with Crippen molar-refractivity contribution in [3.05, 3.63) is 48.0 Å². The molecule has 100 valence electrons. The van der Waals surface area contributed by atoms with Crippen LogP contribution in [0.4, 0.5) is 0 Å². The molecule has 1 aromatic rings. The molecular formula is C13H18ClNO3. The number of hydrogen-bond donors (Lipinski definition) is 1. The van der Waals surface area contributed by atoms with Crippen molar-refractivity contribution in [3.63, 3.8) is 0 Å². The molecule has 0 spiro atoms. The van der Waals surface area contributed by atoms with E-state index in [2.05, 4.69) is 4.74 Å². The van der Waals surface area contributed by atoms with Crippen LogP contribution in [0.2, 0.25) is 0 Å². The molecule has 0 amide bonds. The largest absolute Gasteiger partial charge is 0.466 e. The summed E-state index contributed by atoms with van der Waals surface area (Å²) in [5, 5.41) is 0. The minimum atomic E-state index is -0.413. The molecule has 2 N–H and O–H groups in total. The Morgan fingerprint density at radius 1 is 1.39 bits per heavy atom. The van der Waals surface area contributed by atoms with Gasteiger partial charge in [0.25, 0.3) is 0 Å². The van der Waals surface area contributed by atoms with Crippen LogP contribution in [0.15, 0.2) is 42.5 Å². The number of hydrogen-bond acceptors (Lipinski definition) is 4. The molecule has 0 saturated carbocycles. The third-order valence-corrected chi connectivity index (χ3v) is 2.10. The molecule has 1 rings (SSSR count). The minimum absolute atomic E-state index is 0. The number of methoxy groups -OCH3 is 1. The van der Waals surface area contributed by atoms with Gasteiger partial charge in [0.15, 0.2) is 0 Å². The number of nitrogens with two attached hydrogens (primary N) is 1. The van der Waals surface area contributed by atoms with Gasteiger partial charge in [0, 0.05) is 12.1 Å². The van der Waals surface area contributed by atoms with E-state index in [0.29, 0.717) is 13.2 Å². The third kappa shape index (κ3) is 7.06. The van der Waals surface area contributed by atoms with E-state index in [1.54, 1.807) is 6.08 Å². The molecule has 0 aliphatic heterocycles. The van der Waals surface area contributed by atoms with Gasteiger partial charge in [-0.15, -0.1) is 12.4 Å². The molecule has 0 aliphatic carbocycles. The first-order chi connectivity index (χ1) is 8.22. The van der Waals surface area contributed by atoms with Gasteiger partial charge >= 0.3 is 5.97 Å². The summed E-state index contributed by atoms with van der Waals surface area (Å²) < 4.78 is 9.87. The number of carbonyl (C=O) groups excluding carboxylic acids is 1. The van der Waals surface area contributed by atoms with Crippen molar-refractivity contribution in [1.29, 1.82) is 0 Å². The predicted molar refractivity (Wildman–Crippen MR) is 72.5 cm³/mol. The van der Waals surface area contributed by atoms with Gasteiger partial charge in [-0.3, -0.25) is 0 Å². The number of rotatable bonds is 6. The Balaban J connectivity index is 0.00000289. The monoisotopic (exact) mass is 271 g/mol. The highest BCUT2D eigenvalue weighted by Crippen LogP contribution is 2.00. The van der Waals surface area contributed by atoms with Gasteiger partial charge in [0.1, 0.15) is 0 Å². The SMILES string of the molecule is COC(=O)/C=C\C(N)COCc1ccccc1.Cl. The van der Waals surface area contributed by atoms with Gasteiger partial charge in [-0.25, -0.2) is 4.79 Å². The first-order valence-corrected chi connectivity index (χ1v) is 5.36. The molecular weight excluding hydrogens is 254 g/mol. The maximum absolute atomic E-state index is 10.8. The molecule has 0 aliphatic rings. The van der Waals surface area contributed by atoms with E-state index in [-0.39, 0.29) is 18.4 Å². The summed E-state index contributed by atoms with van der Waals surface area (Å²) in [6.45, 7) is 0.878. The van der Waals surface area contributed by atoms with Gasteiger partial charge in [-0.05, 0) is 5.56 Å². The van der Waals surface area contributed by atoms with Crippen molar-refractivity contribution in [2.24, 2.45) is 5.73 Å². The number of esters is 1. The molecule has 0 aromatic heterocycles. The zero-order chi connectivity index (χ0) is 12.5. The van der Waals surface area contributed by atoms with Crippen LogP contribution in [0.1, 0.15) is 5.56 Å². The highest BCUT2D eigenvalue weighted by atomic mass is 35.5. The van der Waals surface area contributed by atoms with E-state index in [1.807, 2.05) is 30.3 Å². The van der Waals surface area contributed by atoms with Crippen LogP contribution in [-0.4, -0.2) is 25.7 Å². The van der Waals surface area contributed by atoms with Crippen LogP contribution in [0.3, 0.4) is 0 Å². The molecule has 5 heteroatoms. The summed E-state index contributed by atoms with van der Waals surface area (Å²) in [6.07, 6.45) is 2.87. The first kappa shape index (κ1) is 16.6. The lowest BCUT2D eigenvalue weighted by Gasteiger charge is -2.07. The summed E-state index contributed by atoms with van der Waals surface area (Å²) in [7, 11) is 1.32. The zero-order valence-corrected chi connectivity index (χ0v) is 11.1. The standard InChI is InChI=1S/C13H17NO3.ClH/c1-16-13(15)8-7-12(14)10-17-9-11-5-3-2-4-6-11;/h2-8,12H,9-10,14H2,1H3;1H/b8-7-;. The molecule has 18 heavy (non-hydrogen) atoms. The van der Waals surface area contributed by atoms with Gasteiger partial charge < -0.3 is 15.2 Å². The summed E-state index contributed by atoms with van der Waals surface area (Å²) in [6, 6.07) is 9.52. The van der Waals surface area contributed by atoms with Crippen molar-refractivity contribution in [1.82, 2.24) is 0 Å². The average Bonchev–Trinajstić information content (AvgIpc) is 2.37. The fraction of sp³-hybridized carbons (Fsp3) is 0.308. The lowest BCUT2D eigenvalue weighted by molar-refractivity contribution is -0.134. The molecule has 0 radical (unpaired) electrons. The fourth-order valence-electron chi connectivity index (χ4n) is 1.21. The molecule has 1 atom stereocenters. The summed E-state index contributed by atoms with van der Waals surface area (Å²) in [5.41, 5.74) is 6.82. The summed E-state index contributed by atoms with van der Waals surface area (Å²) in [4.78, 5) is 10.8. The Hall–Kier alpha value is -1.36. The molecule has 0 bridgehead atoms. The Morgan fingerprint density at radius 2 is 2.06 bits per heavy atom. The Kier molecular flexibility index (Phi) is 8.92. The molecule has 4 nitrogen and oxygen atoms in total. The number of carbonyl (C=O) groups is 1. The molecule has 0 heterocycles. The lowest BCUT2D eigenvalue weighted by Crippen LogP contribution is -2.23. The maximum Gasteiger partial charge on any atom is 0.330 e. The zero-order valence-electron chi connectivity index (χ0n) is 10.2. The lowest BCUT2D eigenvalue weighted by atomic mass is 10.2. The van der Waals surface area contributed by atoms with E-state index in [0.717, 1.165) is 5.56 Å². The van der Waals surface area contributed by atoms with Crippen LogP contribution >= 0.6 is 12.4 Å². The molecule has 1 unspecified atom stereocenters. The van der Waals surface area contributed by atoms with E-state index in [1.165, 1.54) is 13.2 Å². The topological polar surface area (TPSA) is 61.5 Å². The second kappa shape index (κ2) is 9.65. The summed E-state index contributed by atoms with van der Waals surface area (Å²) >= 11 is 0. The number of ether oxygens (including phenoxy) is 2. The second-order valence-electron chi connectivity index (χ2n) is 3.55. The van der Waals surface area contributed by atoms with E-state index < -0.39 is 5.97 Å². The van der Waals surface area contributed by atoms with Crippen molar-refractivity contribution in [2.75, 3.05) is 13.7 Å². The highest BCUT2D eigenvalue weighted by molar-refractivity contribution is 5.85. The van der Waals surface area contributed by atoms with Crippen LogP contribution in [0.25, 0.3) is 0 Å².